The molecule has 4 nitrogen and oxygen atoms in total. The average molecular weight is 330 g/mol. The minimum atomic E-state index is 0.142. The van der Waals surface area contributed by atoms with Gasteiger partial charge >= 0.3 is 0 Å². The largest absolute Gasteiger partial charge is 0.496 e. The molecule has 122 valence electrons. The van der Waals surface area contributed by atoms with E-state index in [1.54, 1.807) is 18.4 Å². The highest BCUT2D eigenvalue weighted by atomic mass is 32.1. The third-order valence-corrected chi connectivity index (χ3v) is 5.26. The monoisotopic (exact) mass is 330 g/mol. The zero-order valence-electron chi connectivity index (χ0n) is 13.6. The summed E-state index contributed by atoms with van der Waals surface area (Å²) in [5, 5.41) is 3.04. The van der Waals surface area contributed by atoms with Gasteiger partial charge in [-0.25, -0.2) is 4.98 Å². The van der Waals surface area contributed by atoms with Crippen LogP contribution in [0.25, 0.3) is 0 Å². The number of carbonyl (C=O) groups excluding carboxylic acids is 1. The van der Waals surface area contributed by atoms with Crippen molar-refractivity contribution in [1.29, 1.82) is 0 Å². The molecule has 2 heterocycles. The lowest BCUT2D eigenvalue weighted by Gasteiger charge is -2.34. The van der Waals surface area contributed by atoms with Gasteiger partial charge in [0.05, 0.1) is 19.6 Å². The van der Waals surface area contributed by atoms with E-state index in [4.69, 9.17) is 4.74 Å². The number of aryl methyl sites for hydroxylation is 1. The van der Waals surface area contributed by atoms with Crippen molar-refractivity contribution < 1.29 is 9.53 Å². The first kappa shape index (κ1) is 16.0. The van der Waals surface area contributed by atoms with Crippen LogP contribution in [0.2, 0.25) is 0 Å². The standard InChI is InChI=1S/C18H22N2O2S/c1-13-6-7-14(11-16(13)22-2)12-17(21)20-9-4-3-5-15(20)18-19-8-10-23-18/h6-8,10-11,15H,3-5,9,12H2,1-2H3/t15-/m1/s1. The third kappa shape index (κ3) is 3.55. The van der Waals surface area contributed by atoms with Crippen molar-refractivity contribution in [3.8, 4) is 5.75 Å². The fourth-order valence-electron chi connectivity index (χ4n) is 3.14. The number of likely N-dealkylation sites (tertiary alicyclic amines) is 1. The highest BCUT2D eigenvalue weighted by Crippen LogP contribution is 2.32. The Bertz CT molecular complexity index is 670. The molecule has 0 spiro atoms. The summed E-state index contributed by atoms with van der Waals surface area (Å²) in [6.07, 6.45) is 5.48. The smallest absolute Gasteiger partial charge is 0.227 e. The van der Waals surface area contributed by atoms with E-state index in [0.29, 0.717) is 6.42 Å². The molecule has 0 saturated carbocycles. The molecular formula is C18H22N2O2S. The van der Waals surface area contributed by atoms with Crippen LogP contribution in [0.5, 0.6) is 5.75 Å². The summed E-state index contributed by atoms with van der Waals surface area (Å²) in [5.74, 6) is 1.02. The third-order valence-electron chi connectivity index (χ3n) is 4.39. The van der Waals surface area contributed by atoms with Gasteiger partial charge in [0.2, 0.25) is 5.91 Å². The van der Waals surface area contributed by atoms with Crippen LogP contribution >= 0.6 is 11.3 Å². The van der Waals surface area contributed by atoms with E-state index in [9.17, 15) is 4.79 Å². The second kappa shape index (κ2) is 7.13. The molecule has 1 amide bonds. The molecule has 1 fully saturated rings. The summed E-state index contributed by atoms with van der Waals surface area (Å²) in [7, 11) is 1.66. The highest BCUT2D eigenvalue weighted by Gasteiger charge is 2.29. The van der Waals surface area contributed by atoms with Gasteiger partial charge in [-0.05, 0) is 43.4 Å². The van der Waals surface area contributed by atoms with Gasteiger partial charge in [0, 0.05) is 18.1 Å². The maximum Gasteiger partial charge on any atom is 0.227 e. The highest BCUT2D eigenvalue weighted by molar-refractivity contribution is 7.09. The molecule has 5 heteroatoms. The number of aromatic nitrogens is 1. The Balaban J connectivity index is 1.76. The van der Waals surface area contributed by atoms with Crippen molar-refractivity contribution >= 4 is 17.2 Å². The van der Waals surface area contributed by atoms with Crippen LogP contribution in [0.1, 0.15) is 41.4 Å². The maximum absolute atomic E-state index is 12.8. The second-order valence-electron chi connectivity index (χ2n) is 5.95. The first-order chi connectivity index (χ1) is 11.2. The lowest BCUT2D eigenvalue weighted by atomic mass is 10.0. The molecule has 1 saturated heterocycles. The molecule has 2 aromatic rings. The summed E-state index contributed by atoms with van der Waals surface area (Å²) < 4.78 is 5.36. The van der Waals surface area contributed by atoms with Crippen molar-refractivity contribution in [2.45, 2.75) is 38.6 Å². The molecule has 0 radical (unpaired) electrons. The zero-order chi connectivity index (χ0) is 16.2. The Morgan fingerprint density at radius 2 is 2.30 bits per heavy atom. The average Bonchev–Trinajstić information content (AvgIpc) is 3.11. The van der Waals surface area contributed by atoms with Gasteiger partial charge in [-0.2, -0.15) is 0 Å². The van der Waals surface area contributed by atoms with Crippen LogP contribution in [0.15, 0.2) is 29.8 Å². The van der Waals surface area contributed by atoms with Gasteiger partial charge in [-0.3, -0.25) is 4.79 Å². The summed E-state index contributed by atoms with van der Waals surface area (Å²) in [6, 6.07) is 6.13. The van der Waals surface area contributed by atoms with Gasteiger partial charge in [0.15, 0.2) is 0 Å². The molecule has 0 bridgehead atoms. The SMILES string of the molecule is COc1cc(CC(=O)N2CCCC[C@@H]2c2nccs2)ccc1C. The van der Waals surface area contributed by atoms with E-state index in [1.165, 1.54) is 0 Å². The molecule has 0 unspecified atom stereocenters. The van der Waals surface area contributed by atoms with Crippen molar-refractivity contribution in [2.75, 3.05) is 13.7 Å². The summed E-state index contributed by atoms with van der Waals surface area (Å²) in [5.41, 5.74) is 2.09. The van der Waals surface area contributed by atoms with Crippen molar-refractivity contribution in [3.05, 3.63) is 45.9 Å². The molecule has 23 heavy (non-hydrogen) atoms. The Morgan fingerprint density at radius 1 is 1.43 bits per heavy atom. The molecule has 1 aliphatic heterocycles. The van der Waals surface area contributed by atoms with Crippen LogP contribution in [0.3, 0.4) is 0 Å². The number of benzene rings is 1. The second-order valence-corrected chi connectivity index (χ2v) is 6.88. The lowest BCUT2D eigenvalue weighted by Crippen LogP contribution is -2.39. The minimum absolute atomic E-state index is 0.142. The van der Waals surface area contributed by atoms with Crippen molar-refractivity contribution in [1.82, 2.24) is 9.88 Å². The lowest BCUT2D eigenvalue weighted by molar-refractivity contribution is -0.134. The van der Waals surface area contributed by atoms with Crippen LogP contribution in [-0.2, 0) is 11.2 Å². The zero-order valence-corrected chi connectivity index (χ0v) is 14.4. The van der Waals surface area contributed by atoms with E-state index in [1.807, 2.05) is 41.6 Å². The Labute approximate surface area is 141 Å². The predicted molar refractivity (Wildman–Crippen MR) is 91.9 cm³/mol. The van der Waals surface area contributed by atoms with Crippen molar-refractivity contribution in [3.63, 3.8) is 0 Å². The molecule has 1 aromatic heterocycles. The number of methoxy groups -OCH3 is 1. The molecule has 1 atom stereocenters. The number of nitrogens with zero attached hydrogens (tertiary/aromatic N) is 2. The number of piperidine rings is 1. The van der Waals surface area contributed by atoms with Gasteiger partial charge in [0.1, 0.15) is 10.8 Å². The Morgan fingerprint density at radius 3 is 3.04 bits per heavy atom. The van der Waals surface area contributed by atoms with Crippen LogP contribution in [0.4, 0.5) is 0 Å². The molecule has 1 aromatic carbocycles. The molecular weight excluding hydrogens is 308 g/mol. The van der Waals surface area contributed by atoms with Gasteiger partial charge in [-0.1, -0.05) is 12.1 Å². The van der Waals surface area contributed by atoms with Crippen molar-refractivity contribution in [2.24, 2.45) is 0 Å². The first-order valence-corrected chi connectivity index (χ1v) is 8.89. The van der Waals surface area contributed by atoms with E-state index in [0.717, 1.165) is 47.7 Å². The Hall–Kier alpha value is -1.88. The Kier molecular flexibility index (Phi) is 4.96. The number of hydrogen-bond donors (Lipinski definition) is 0. The van der Waals surface area contributed by atoms with Crippen LogP contribution in [0, 0.1) is 6.92 Å². The number of ether oxygens (including phenoxy) is 1. The number of amides is 1. The fraction of sp³-hybridized carbons (Fsp3) is 0.444. The summed E-state index contributed by atoms with van der Waals surface area (Å²) >= 11 is 1.64. The van der Waals surface area contributed by atoms with Gasteiger partial charge < -0.3 is 9.64 Å². The van der Waals surface area contributed by atoms with Crippen LogP contribution in [-0.4, -0.2) is 29.4 Å². The fourth-order valence-corrected chi connectivity index (χ4v) is 3.92. The maximum atomic E-state index is 12.8. The number of hydrogen-bond acceptors (Lipinski definition) is 4. The quantitative estimate of drug-likeness (QED) is 0.857. The topological polar surface area (TPSA) is 42.4 Å². The van der Waals surface area contributed by atoms with E-state index < -0.39 is 0 Å². The normalized spacial score (nSPS) is 18.0. The number of thiazole rings is 1. The van der Waals surface area contributed by atoms with E-state index >= 15 is 0 Å². The molecule has 0 N–H and O–H groups in total. The summed E-state index contributed by atoms with van der Waals surface area (Å²) in [4.78, 5) is 19.3. The first-order valence-electron chi connectivity index (χ1n) is 8.01. The summed E-state index contributed by atoms with van der Waals surface area (Å²) in [6.45, 7) is 2.83. The van der Waals surface area contributed by atoms with E-state index in [2.05, 4.69) is 4.98 Å². The van der Waals surface area contributed by atoms with Gasteiger partial charge in [0.25, 0.3) is 0 Å². The molecule has 0 aliphatic carbocycles. The van der Waals surface area contributed by atoms with Gasteiger partial charge in [-0.15, -0.1) is 11.3 Å². The number of rotatable bonds is 4. The van der Waals surface area contributed by atoms with E-state index in [-0.39, 0.29) is 11.9 Å². The molecule has 3 rings (SSSR count). The number of carbonyl (C=O) groups is 1. The van der Waals surface area contributed by atoms with Crippen LogP contribution < -0.4 is 4.74 Å². The predicted octanol–water partition coefficient (Wildman–Crippen LogP) is 3.76. The molecule has 1 aliphatic rings. The minimum Gasteiger partial charge on any atom is -0.496 e.